The van der Waals surface area contributed by atoms with E-state index in [0.29, 0.717) is 89.2 Å². The number of hydrogen-bond acceptors (Lipinski definition) is 14. The highest BCUT2D eigenvalue weighted by Gasteiger charge is 2.45. The molecule has 84 heavy (non-hydrogen) atoms. The number of halogens is 5. The first kappa shape index (κ1) is 68.0. The van der Waals surface area contributed by atoms with Crippen LogP contribution < -0.4 is 15.1 Å². The lowest BCUT2D eigenvalue weighted by Gasteiger charge is -2.47. The molecule has 4 aliphatic heterocycles. The first-order valence-electron chi connectivity index (χ1n) is 29.6. The van der Waals surface area contributed by atoms with Gasteiger partial charge >= 0.3 is 0 Å². The maximum Gasteiger partial charge on any atom is 0.235 e. The number of aliphatic hydroxyl groups is 2. The van der Waals surface area contributed by atoms with Crippen LogP contribution in [-0.4, -0.2) is 166 Å². The summed E-state index contributed by atoms with van der Waals surface area (Å²) in [4.78, 5) is 11.6. The Labute approximate surface area is 524 Å². The lowest BCUT2D eigenvalue weighted by Crippen LogP contribution is -2.56. The number of β-amino-alcohol motifs (C(OH)–C–C–N with tert-alkyl or cyclic N) is 2. The Morgan fingerprint density at radius 1 is 0.571 bits per heavy atom. The molecule has 4 saturated heterocycles. The molecule has 4 aromatic carbocycles. The zero-order valence-corrected chi connectivity index (χ0v) is 54.5. The van der Waals surface area contributed by atoms with Crippen LogP contribution in [-0.2, 0) is 19.1 Å². The average Bonchev–Trinajstić information content (AvgIpc) is 4.14. The number of hydrogen-bond donors (Lipinski definition) is 3. The molecule has 15 nitrogen and oxygen atoms in total. The van der Waals surface area contributed by atoms with Crippen molar-refractivity contribution in [1.82, 2.24) is 24.3 Å². The molecule has 0 bridgehead atoms. The highest BCUT2D eigenvalue weighted by atomic mass is 35.7. The van der Waals surface area contributed by atoms with E-state index in [0.717, 1.165) is 100 Å². The topological polar surface area (TPSA) is 188 Å². The molecular formula is C62H84Cl5N9O6S2. The molecule has 22 heteroatoms. The molecule has 10 rings (SSSR count). The van der Waals surface area contributed by atoms with E-state index in [4.69, 9.17) is 57.1 Å². The first-order valence-corrected chi connectivity index (χ1v) is 35.0. The van der Waals surface area contributed by atoms with E-state index in [1.165, 1.54) is 19.6 Å². The van der Waals surface area contributed by atoms with Crippen LogP contribution in [0.25, 0.3) is 0 Å². The van der Waals surface area contributed by atoms with Crippen molar-refractivity contribution in [2.75, 3.05) is 108 Å². The number of nitrogens with one attached hydrogen (secondary N) is 1. The van der Waals surface area contributed by atoms with Gasteiger partial charge in [-0.05, 0) is 182 Å². The Morgan fingerprint density at radius 3 is 1.29 bits per heavy atom. The van der Waals surface area contributed by atoms with Crippen LogP contribution in [0.4, 0.5) is 11.4 Å². The molecule has 460 valence electrons. The monoisotopic (exact) mass is 1290 g/mol. The van der Waals surface area contributed by atoms with Crippen LogP contribution >= 0.6 is 57.1 Å². The van der Waals surface area contributed by atoms with Crippen molar-refractivity contribution in [2.24, 2.45) is 11.8 Å². The molecule has 4 aromatic rings. The number of piperazine rings is 2. The summed E-state index contributed by atoms with van der Waals surface area (Å²) in [5, 5.41) is 46.8. The highest BCUT2D eigenvalue weighted by Crippen LogP contribution is 2.41. The van der Waals surface area contributed by atoms with E-state index in [1.54, 1.807) is 22.5 Å². The molecule has 6 fully saturated rings. The molecule has 2 saturated carbocycles. The van der Waals surface area contributed by atoms with Crippen molar-refractivity contribution in [3.63, 3.8) is 0 Å². The van der Waals surface area contributed by atoms with Crippen LogP contribution in [0.5, 0.6) is 0 Å². The smallest absolute Gasteiger partial charge is 0.235 e. The fourth-order valence-electron chi connectivity index (χ4n) is 12.0. The van der Waals surface area contributed by atoms with Crippen molar-refractivity contribution < 1.29 is 27.0 Å². The maximum atomic E-state index is 12.6. The molecule has 4 heterocycles. The van der Waals surface area contributed by atoms with E-state index in [2.05, 4.69) is 74.9 Å². The summed E-state index contributed by atoms with van der Waals surface area (Å²) in [6.45, 7) is 22.6. The van der Waals surface area contributed by atoms with Gasteiger partial charge in [0, 0.05) is 86.2 Å². The zero-order chi connectivity index (χ0) is 61.0. The first-order chi connectivity index (χ1) is 39.9. The van der Waals surface area contributed by atoms with Gasteiger partial charge in [-0.1, -0.05) is 91.4 Å². The van der Waals surface area contributed by atoms with Gasteiger partial charge < -0.3 is 30.2 Å². The predicted molar refractivity (Wildman–Crippen MR) is 343 cm³/mol. The van der Waals surface area contributed by atoms with Gasteiger partial charge in [0.2, 0.25) is 19.1 Å². The molecule has 4 atom stereocenters. The number of piperidine rings is 2. The number of rotatable bonds is 16. The third-order valence-corrected chi connectivity index (χ3v) is 23.0. The van der Waals surface area contributed by atoms with Crippen LogP contribution in [0.1, 0.15) is 120 Å². The van der Waals surface area contributed by atoms with Crippen LogP contribution in [0, 0.1) is 34.5 Å². The molecular weight excluding hydrogens is 1210 g/mol. The molecule has 0 unspecified atom stereocenters. The summed E-state index contributed by atoms with van der Waals surface area (Å²) in [5.41, 5.74) is 3.47. The van der Waals surface area contributed by atoms with E-state index in [1.807, 2.05) is 68.4 Å². The predicted octanol–water partition coefficient (Wildman–Crippen LogP) is 11.2. The lowest BCUT2D eigenvalue weighted by molar-refractivity contribution is -0.0487. The van der Waals surface area contributed by atoms with Crippen LogP contribution in [0.3, 0.4) is 0 Å². The molecule has 3 N–H and O–H groups in total. The molecule has 6 aliphatic rings. The van der Waals surface area contributed by atoms with Crippen LogP contribution in [0.2, 0.25) is 20.1 Å². The number of sulfonamides is 1. The summed E-state index contributed by atoms with van der Waals surface area (Å²) in [6.07, 6.45) is 6.41. The minimum absolute atomic E-state index is 0.0206. The van der Waals surface area contributed by atoms with E-state index < -0.39 is 30.3 Å². The fraction of sp³-hybridized carbons (Fsp3) is 0.581. The minimum Gasteiger partial charge on any atom is -0.389 e. The fourth-order valence-corrected chi connectivity index (χ4v) is 16.0. The summed E-state index contributed by atoms with van der Waals surface area (Å²) in [5.74, 6) is 0.344. The van der Waals surface area contributed by atoms with E-state index in [-0.39, 0.29) is 28.5 Å². The van der Waals surface area contributed by atoms with E-state index in [9.17, 15) is 37.6 Å². The van der Waals surface area contributed by atoms with Gasteiger partial charge in [0.05, 0.1) is 78.5 Å². The molecule has 2 aliphatic carbocycles. The van der Waals surface area contributed by atoms with Crippen molar-refractivity contribution in [3.05, 3.63) is 127 Å². The average molecular weight is 1290 g/mol. The van der Waals surface area contributed by atoms with Crippen LogP contribution in [0.15, 0.2) is 84.9 Å². The number of nitriles is 2. The zero-order valence-electron chi connectivity index (χ0n) is 49.1. The summed E-state index contributed by atoms with van der Waals surface area (Å²) >= 11 is 25.5. The van der Waals surface area contributed by atoms with Gasteiger partial charge in [-0.15, -0.1) is 0 Å². The molecule has 0 amide bonds. The Kier molecular flexibility index (Phi) is 24.8. The van der Waals surface area contributed by atoms with Gasteiger partial charge in [0.15, 0.2) is 0 Å². The summed E-state index contributed by atoms with van der Waals surface area (Å²) in [6, 6.07) is 31.0. The number of benzene rings is 4. The second-order valence-corrected chi connectivity index (χ2v) is 30.3. The Hall–Kier alpha value is -3.47. The van der Waals surface area contributed by atoms with Gasteiger partial charge in [0.1, 0.15) is 0 Å². The second-order valence-electron chi connectivity index (χ2n) is 23.5. The Morgan fingerprint density at radius 2 is 0.964 bits per heavy atom. The maximum absolute atomic E-state index is 12.6. The van der Waals surface area contributed by atoms with Gasteiger partial charge in [-0.3, -0.25) is 9.80 Å². The van der Waals surface area contributed by atoms with Crippen molar-refractivity contribution in [1.29, 1.82) is 10.5 Å². The number of anilines is 2. The van der Waals surface area contributed by atoms with Gasteiger partial charge in [-0.25, -0.2) is 21.1 Å². The second kappa shape index (κ2) is 30.6. The standard InChI is InChI=1S/C28H34Cl2N4O3S.C25H30Cl2N4O.C6H15N.C3H5ClO2S/c1-28(35,22-10-12-33(13-11-22)38(36,37)24-7-8-24)19-32-14-15-34(26-9-2-20(17-31)16-25(26)30)27(18-32)21-3-5-23(29)6-4-21;1-25(32,20-8-10-29-11-9-20)17-30-12-13-31(23-7-2-18(15-28)14-22(23)27)24(16-30)19-3-5-21(26)6-4-19;1-4-7(5-2)6-3;4-7(5,6)3-1-2-3/h2-6,9,16,22,24,27,35H,7-8,10-15,18-19H2,1H3;2-7,14,20,24,29,32H,8-13,16-17H2,1H3;4-6H2,1-3H3;3H,1-2H2/t27-,28+;24-,25+;;/m00../s1. The van der Waals surface area contributed by atoms with Crippen molar-refractivity contribution >= 4 is 87.5 Å². The Bertz CT molecular complexity index is 3080. The lowest BCUT2D eigenvalue weighted by atomic mass is 9.81. The van der Waals surface area contributed by atoms with Gasteiger partial charge in [-0.2, -0.15) is 10.5 Å². The quantitative estimate of drug-likeness (QED) is 0.0899. The van der Waals surface area contributed by atoms with Crippen molar-refractivity contribution in [2.45, 2.75) is 120 Å². The molecule has 0 aromatic heterocycles. The molecule has 0 spiro atoms. The summed E-state index contributed by atoms with van der Waals surface area (Å²) < 4.78 is 47.2. The SMILES string of the molecule is CCN(CC)CC.C[C@@](O)(CN1CCN(c2ccc(C#N)cc2Cl)[C@H](c2ccc(Cl)cc2)C1)C1CCN(S(=O)(=O)C2CC2)CC1.C[C@@](O)(CN1CCN(c2ccc(C#N)cc2Cl)[C@H](c2ccc(Cl)cc2)C1)C1CCNCC1.O=S(=O)(Cl)C1CC1. The Balaban J connectivity index is 0.000000197. The minimum atomic E-state index is -3.17. The third-order valence-electron chi connectivity index (χ3n) is 17.4. The third kappa shape index (κ3) is 18.8. The highest BCUT2D eigenvalue weighted by molar-refractivity contribution is 8.14. The number of nitrogens with zero attached hydrogens (tertiary/aromatic N) is 8. The summed E-state index contributed by atoms with van der Waals surface area (Å²) in [7, 11) is -1.42. The van der Waals surface area contributed by atoms with E-state index >= 15 is 0 Å². The van der Waals surface area contributed by atoms with Crippen molar-refractivity contribution in [3.8, 4) is 12.1 Å². The largest absolute Gasteiger partial charge is 0.389 e. The normalized spacial score (nSPS) is 21.9. The van der Waals surface area contributed by atoms with Gasteiger partial charge in [0.25, 0.3) is 0 Å². The molecule has 0 radical (unpaired) electrons.